The van der Waals surface area contributed by atoms with Crippen LogP contribution in [0.2, 0.25) is 5.15 Å². The van der Waals surface area contributed by atoms with Gasteiger partial charge in [0, 0.05) is 0 Å². The summed E-state index contributed by atoms with van der Waals surface area (Å²) in [6, 6.07) is 0. The molecule has 0 aliphatic carbocycles. The van der Waals surface area contributed by atoms with Gasteiger partial charge in [0.05, 0.1) is 6.33 Å². The van der Waals surface area contributed by atoms with Gasteiger partial charge in [-0.1, -0.05) is 11.6 Å². The van der Waals surface area contributed by atoms with Gasteiger partial charge in [-0.15, -0.1) is 4.73 Å². The topological polar surface area (TPSA) is 90.6 Å². The third-order valence-electron chi connectivity index (χ3n) is 1.43. The van der Waals surface area contributed by atoms with Gasteiger partial charge in [0.1, 0.15) is 5.52 Å². The highest BCUT2D eigenvalue weighted by molar-refractivity contribution is 6.33. The largest absolute Gasteiger partial charge is 0.423 e. The summed E-state index contributed by atoms with van der Waals surface area (Å²) in [5.41, 5.74) is 0.259. The van der Waals surface area contributed by atoms with Crippen LogP contribution < -0.4 is 5.62 Å². The summed E-state index contributed by atoms with van der Waals surface area (Å²) >= 11 is 5.65. The molecule has 0 saturated carbocycles. The SMILES string of the molecule is N=c1nc(Cl)c2[nH]cnc2n1O. The number of fused-ring (bicyclic) bond motifs is 1. The van der Waals surface area contributed by atoms with E-state index in [0.29, 0.717) is 10.2 Å². The van der Waals surface area contributed by atoms with E-state index in [1.54, 1.807) is 0 Å². The molecule has 2 aromatic heterocycles. The number of hydrogen-bond donors (Lipinski definition) is 3. The van der Waals surface area contributed by atoms with Crippen molar-refractivity contribution in [2.24, 2.45) is 0 Å². The Morgan fingerprint density at radius 1 is 1.67 bits per heavy atom. The lowest BCUT2D eigenvalue weighted by Gasteiger charge is -1.97. The van der Waals surface area contributed by atoms with E-state index in [9.17, 15) is 5.21 Å². The first-order valence-corrected chi connectivity index (χ1v) is 3.43. The number of rotatable bonds is 0. The first-order valence-electron chi connectivity index (χ1n) is 3.05. The zero-order valence-electron chi connectivity index (χ0n) is 5.74. The van der Waals surface area contributed by atoms with Crippen molar-refractivity contribution in [1.29, 1.82) is 5.41 Å². The quantitative estimate of drug-likeness (QED) is 0.403. The van der Waals surface area contributed by atoms with E-state index in [0.717, 1.165) is 0 Å². The van der Waals surface area contributed by atoms with Crippen molar-refractivity contribution in [2.45, 2.75) is 0 Å². The first kappa shape index (κ1) is 7.11. The molecule has 2 rings (SSSR count). The average Bonchev–Trinajstić information content (AvgIpc) is 2.48. The molecule has 0 aliphatic rings. The molecular weight excluding hydrogens is 182 g/mol. The van der Waals surface area contributed by atoms with E-state index < -0.39 is 0 Å². The normalized spacial score (nSPS) is 10.8. The second-order valence-corrected chi connectivity index (χ2v) is 2.50. The van der Waals surface area contributed by atoms with E-state index in [1.165, 1.54) is 6.33 Å². The highest BCUT2D eigenvalue weighted by Gasteiger charge is 2.07. The number of H-pyrrole nitrogens is 1. The fourth-order valence-electron chi connectivity index (χ4n) is 0.896. The summed E-state index contributed by atoms with van der Waals surface area (Å²) < 4.78 is 0.553. The molecule has 0 fully saturated rings. The molecule has 0 spiro atoms. The second kappa shape index (κ2) is 2.21. The van der Waals surface area contributed by atoms with E-state index in [-0.39, 0.29) is 16.4 Å². The van der Waals surface area contributed by atoms with Crippen molar-refractivity contribution in [3.63, 3.8) is 0 Å². The molecule has 0 bridgehead atoms. The van der Waals surface area contributed by atoms with Crippen LogP contribution in [0.15, 0.2) is 6.33 Å². The van der Waals surface area contributed by atoms with Crippen molar-refractivity contribution < 1.29 is 5.21 Å². The Labute approximate surface area is 70.9 Å². The number of imidazole rings is 1. The smallest absolute Gasteiger partial charge is 0.259 e. The molecule has 3 N–H and O–H groups in total. The van der Waals surface area contributed by atoms with Crippen LogP contribution in [0.4, 0.5) is 0 Å². The minimum atomic E-state index is -0.348. The van der Waals surface area contributed by atoms with Gasteiger partial charge in [-0.3, -0.25) is 5.41 Å². The van der Waals surface area contributed by atoms with E-state index in [2.05, 4.69) is 15.0 Å². The van der Waals surface area contributed by atoms with Crippen LogP contribution in [0.25, 0.3) is 11.2 Å². The fourth-order valence-corrected chi connectivity index (χ4v) is 1.12. The van der Waals surface area contributed by atoms with Gasteiger partial charge < -0.3 is 10.2 Å². The van der Waals surface area contributed by atoms with Crippen LogP contribution in [-0.4, -0.2) is 24.9 Å². The minimum Gasteiger partial charge on any atom is -0.423 e. The molecule has 0 saturated heterocycles. The maximum absolute atomic E-state index is 9.20. The Morgan fingerprint density at radius 3 is 3.17 bits per heavy atom. The van der Waals surface area contributed by atoms with Gasteiger partial charge in [-0.05, 0) is 0 Å². The van der Waals surface area contributed by atoms with Crippen LogP contribution in [0.5, 0.6) is 0 Å². The first-order chi connectivity index (χ1) is 5.70. The molecule has 2 aromatic rings. The lowest BCUT2D eigenvalue weighted by atomic mass is 10.6. The van der Waals surface area contributed by atoms with Crippen molar-refractivity contribution in [1.82, 2.24) is 19.7 Å². The molecule has 0 radical (unpaired) electrons. The van der Waals surface area contributed by atoms with Crippen LogP contribution >= 0.6 is 11.6 Å². The number of aromatic amines is 1. The molecule has 0 amide bonds. The van der Waals surface area contributed by atoms with Gasteiger partial charge in [-0.25, -0.2) is 4.98 Å². The van der Waals surface area contributed by atoms with Crippen molar-refractivity contribution >= 4 is 22.8 Å². The predicted octanol–water partition coefficient (Wildman–Crippen LogP) is 0.130. The molecular formula is C5H4ClN5O. The van der Waals surface area contributed by atoms with Crippen molar-refractivity contribution in [3.8, 4) is 0 Å². The number of nitrogens with zero attached hydrogens (tertiary/aromatic N) is 3. The van der Waals surface area contributed by atoms with Crippen molar-refractivity contribution in [2.75, 3.05) is 0 Å². The summed E-state index contributed by atoms with van der Waals surface area (Å²) in [6.45, 7) is 0. The number of nitrogens with one attached hydrogen (secondary N) is 2. The molecule has 62 valence electrons. The lowest BCUT2D eigenvalue weighted by Crippen LogP contribution is -2.21. The Hall–Kier alpha value is -1.56. The zero-order chi connectivity index (χ0) is 8.72. The monoisotopic (exact) mass is 185 g/mol. The van der Waals surface area contributed by atoms with Crippen LogP contribution in [0, 0.1) is 5.41 Å². The molecule has 2 heterocycles. The number of aromatic nitrogens is 4. The van der Waals surface area contributed by atoms with E-state index in [1.807, 2.05) is 0 Å². The summed E-state index contributed by atoms with van der Waals surface area (Å²) in [5, 5.41) is 16.5. The molecule has 0 aliphatic heterocycles. The lowest BCUT2D eigenvalue weighted by molar-refractivity contribution is 0.177. The van der Waals surface area contributed by atoms with Gasteiger partial charge >= 0.3 is 0 Å². The van der Waals surface area contributed by atoms with Gasteiger partial charge in [0.25, 0.3) is 5.62 Å². The highest BCUT2D eigenvalue weighted by atomic mass is 35.5. The number of halogens is 1. The fraction of sp³-hybridized carbons (Fsp3) is 0. The minimum absolute atomic E-state index is 0.123. The summed E-state index contributed by atoms with van der Waals surface area (Å²) in [4.78, 5) is 9.99. The van der Waals surface area contributed by atoms with Gasteiger partial charge in [0.15, 0.2) is 5.15 Å². The molecule has 0 atom stereocenters. The molecule has 7 heteroatoms. The standard InChI is InChI=1S/C5H4ClN5O/c6-3-2-4(9-1-8-2)11(12)5(7)10-3/h1,7,12H,(H,8,9). The Kier molecular flexibility index (Phi) is 1.31. The summed E-state index contributed by atoms with van der Waals surface area (Å²) in [7, 11) is 0. The van der Waals surface area contributed by atoms with E-state index >= 15 is 0 Å². The molecule has 0 unspecified atom stereocenters. The Balaban J connectivity index is 3.07. The van der Waals surface area contributed by atoms with Gasteiger partial charge in [0.2, 0.25) is 5.65 Å². The van der Waals surface area contributed by atoms with Crippen molar-refractivity contribution in [3.05, 3.63) is 17.1 Å². The maximum atomic E-state index is 9.20. The van der Waals surface area contributed by atoms with Crippen LogP contribution in [0.3, 0.4) is 0 Å². The molecule has 0 aromatic carbocycles. The summed E-state index contributed by atoms with van der Waals surface area (Å²) in [6.07, 6.45) is 1.37. The highest BCUT2D eigenvalue weighted by Crippen LogP contribution is 2.13. The predicted molar refractivity (Wildman–Crippen MR) is 39.9 cm³/mol. The molecule has 12 heavy (non-hydrogen) atoms. The summed E-state index contributed by atoms with van der Waals surface area (Å²) in [5.74, 6) is 0. The zero-order valence-corrected chi connectivity index (χ0v) is 6.50. The molecule has 6 nitrogen and oxygen atoms in total. The number of hydrogen-bond acceptors (Lipinski definition) is 4. The Morgan fingerprint density at radius 2 is 2.42 bits per heavy atom. The Bertz CT molecular complexity index is 486. The van der Waals surface area contributed by atoms with Gasteiger partial charge in [-0.2, -0.15) is 4.98 Å². The second-order valence-electron chi connectivity index (χ2n) is 2.14. The maximum Gasteiger partial charge on any atom is 0.259 e. The average molecular weight is 186 g/mol. The van der Waals surface area contributed by atoms with E-state index in [4.69, 9.17) is 17.0 Å². The van der Waals surface area contributed by atoms with Crippen LogP contribution in [-0.2, 0) is 0 Å². The third-order valence-corrected chi connectivity index (χ3v) is 1.70. The van der Waals surface area contributed by atoms with Crippen LogP contribution in [0.1, 0.15) is 0 Å². The third kappa shape index (κ3) is 0.782.